The normalized spacial score (nSPS) is 11.9. The summed E-state index contributed by atoms with van der Waals surface area (Å²) >= 11 is 5.73. The summed E-state index contributed by atoms with van der Waals surface area (Å²) in [4.78, 5) is 0. The molecule has 88 valence electrons. The third-order valence-corrected chi connectivity index (χ3v) is 3.64. The van der Waals surface area contributed by atoms with Gasteiger partial charge in [0.25, 0.3) is 0 Å². The smallest absolute Gasteiger partial charge is 0.171 e. The minimum atomic E-state index is -3.02. The molecule has 1 aromatic carbocycles. The molecule has 0 saturated carbocycles. The minimum absolute atomic E-state index is 0.129. The first-order valence-corrected chi connectivity index (χ1v) is 7.01. The topological polar surface area (TPSA) is 46.2 Å². The Morgan fingerprint density at radius 1 is 1.31 bits per heavy atom. The van der Waals surface area contributed by atoms with Crippen LogP contribution in [0.25, 0.3) is 0 Å². The molecule has 3 nitrogen and oxygen atoms in total. The van der Waals surface area contributed by atoms with Gasteiger partial charge in [0, 0.05) is 22.7 Å². The van der Waals surface area contributed by atoms with E-state index in [1.807, 2.05) is 12.1 Å². The lowest BCUT2D eigenvalue weighted by Gasteiger charge is -2.02. The van der Waals surface area contributed by atoms with Crippen LogP contribution < -0.4 is 5.32 Å². The second kappa shape index (κ2) is 5.92. The average molecular weight is 260 g/mol. The molecule has 0 aliphatic carbocycles. The lowest BCUT2D eigenvalue weighted by atomic mass is 10.3. The van der Waals surface area contributed by atoms with Crippen LogP contribution in [0.1, 0.15) is 6.92 Å². The van der Waals surface area contributed by atoms with E-state index in [0.717, 1.165) is 5.69 Å². The Bertz CT molecular complexity index is 451. The number of nitrogens with one attached hydrogen (secondary N) is 1. The lowest BCUT2D eigenvalue weighted by Crippen LogP contribution is -2.01. The summed E-state index contributed by atoms with van der Waals surface area (Å²) in [7, 11) is -3.02. The Balaban J connectivity index is 2.45. The van der Waals surface area contributed by atoms with E-state index in [4.69, 9.17) is 11.6 Å². The van der Waals surface area contributed by atoms with Crippen molar-refractivity contribution in [2.45, 2.75) is 6.92 Å². The van der Waals surface area contributed by atoms with E-state index < -0.39 is 9.84 Å². The van der Waals surface area contributed by atoms with Crippen LogP contribution in [0.4, 0.5) is 5.69 Å². The fraction of sp³-hybridized carbons (Fsp3) is 0.273. The van der Waals surface area contributed by atoms with E-state index in [1.54, 1.807) is 25.1 Å². The second-order valence-electron chi connectivity index (χ2n) is 3.21. The monoisotopic (exact) mass is 259 g/mol. The molecule has 0 saturated heterocycles. The van der Waals surface area contributed by atoms with Crippen molar-refractivity contribution in [3.63, 3.8) is 0 Å². The predicted octanol–water partition coefficient (Wildman–Crippen LogP) is 2.70. The van der Waals surface area contributed by atoms with Crippen molar-refractivity contribution in [3.8, 4) is 0 Å². The van der Waals surface area contributed by atoms with Gasteiger partial charge < -0.3 is 5.32 Å². The number of benzene rings is 1. The van der Waals surface area contributed by atoms with Crippen LogP contribution in [0, 0.1) is 0 Å². The maximum atomic E-state index is 11.1. The van der Waals surface area contributed by atoms with Crippen molar-refractivity contribution in [1.82, 2.24) is 0 Å². The molecule has 5 heteroatoms. The Kier molecular flexibility index (Phi) is 4.83. The molecule has 0 heterocycles. The summed E-state index contributed by atoms with van der Waals surface area (Å²) in [6, 6.07) is 7.22. The number of sulfone groups is 1. The number of hydrogen-bond acceptors (Lipinski definition) is 3. The van der Waals surface area contributed by atoms with E-state index in [1.165, 1.54) is 5.41 Å². The highest BCUT2D eigenvalue weighted by atomic mass is 35.5. The largest absolute Gasteiger partial charge is 0.382 e. The summed E-state index contributed by atoms with van der Waals surface area (Å²) in [6.07, 6.45) is 1.59. The number of halogens is 1. The van der Waals surface area contributed by atoms with Crippen molar-refractivity contribution in [1.29, 1.82) is 0 Å². The summed E-state index contributed by atoms with van der Waals surface area (Å²) in [6.45, 7) is 2.09. The Morgan fingerprint density at radius 2 is 1.94 bits per heavy atom. The fourth-order valence-electron chi connectivity index (χ4n) is 1.04. The summed E-state index contributed by atoms with van der Waals surface area (Å²) in [5, 5.41) is 4.97. The van der Waals surface area contributed by atoms with Gasteiger partial charge in [0.05, 0.1) is 5.75 Å². The fourth-order valence-corrected chi connectivity index (χ4v) is 1.74. The molecule has 0 unspecified atom stereocenters. The van der Waals surface area contributed by atoms with Crippen molar-refractivity contribution in [2.75, 3.05) is 17.6 Å². The molecule has 1 N–H and O–H groups in total. The van der Waals surface area contributed by atoms with Gasteiger partial charge in [-0.2, -0.15) is 0 Å². The molecular formula is C11H14ClNO2S. The van der Waals surface area contributed by atoms with E-state index in [0.29, 0.717) is 11.6 Å². The van der Waals surface area contributed by atoms with Gasteiger partial charge >= 0.3 is 0 Å². The Labute approximate surface area is 101 Å². The molecule has 0 aromatic heterocycles. The Hall–Kier alpha value is -1.00. The second-order valence-corrected chi connectivity index (χ2v) is 5.82. The third-order valence-electron chi connectivity index (χ3n) is 1.97. The van der Waals surface area contributed by atoms with Gasteiger partial charge in [-0.3, -0.25) is 0 Å². The van der Waals surface area contributed by atoms with Crippen molar-refractivity contribution >= 4 is 27.1 Å². The van der Waals surface area contributed by atoms with Gasteiger partial charge in [-0.25, -0.2) is 8.42 Å². The minimum Gasteiger partial charge on any atom is -0.382 e. The van der Waals surface area contributed by atoms with Crippen molar-refractivity contribution in [2.24, 2.45) is 0 Å². The maximum absolute atomic E-state index is 11.1. The molecule has 0 bridgehead atoms. The summed E-state index contributed by atoms with van der Waals surface area (Å²) in [5.74, 6) is 0.129. The van der Waals surface area contributed by atoms with Crippen LogP contribution in [-0.2, 0) is 9.84 Å². The average Bonchev–Trinajstić information content (AvgIpc) is 2.27. The highest BCUT2D eigenvalue weighted by Crippen LogP contribution is 2.12. The van der Waals surface area contributed by atoms with Gasteiger partial charge in [0.2, 0.25) is 0 Å². The van der Waals surface area contributed by atoms with Crippen LogP contribution in [0.3, 0.4) is 0 Å². The van der Waals surface area contributed by atoms with Gasteiger partial charge in [-0.1, -0.05) is 24.6 Å². The van der Waals surface area contributed by atoms with E-state index in [-0.39, 0.29) is 5.75 Å². The van der Waals surface area contributed by atoms with Crippen LogP contribution >= 0.6 is 11.6 Å². The molecule has 1 rings (SSSR count). The summed E-state index contributed by atoms with van der Waals surface area (Å²) < 4.78 is 22.2. The molecule has 0 spiro atoms. The van der Waals surface area contributed by atoms with Crippen molar-refractivity contribution < 1.29 is 8.42 Å². The molecular weight excluding hydrogens is 246 g/mol. The molecule has 0 amide bonds. The molecule has 0 radical (unpaired) electrons. The Morgan fingerprint density at radius 3 is 2.50 bits per heavy atom. The van der Waals surface area contributed by atoms with Crippen LogP contribution in [-0.4, -0.2) is 20.7 Å². The van der Waals surface area contributed by atoms with Gasteiger partial charge in [0.1, 0.15) is 0 Å². The van der Waals surface area contributed by atoms with Crippen molar-refractivity contribution in [3.05, 3.63) is 40.8 Å². The first-order valence-electron chi connectivity index (χ1n) is 4.92. The standard InChI is InChI=1S/C11H14ClNO2S/c1-2-16(14,15)9-3-8-13-11-6-4-10(12)5-7-11/h3-7,9,13H,2,8H2,1H3. The zero-order chi connectivity index (χ0) is 12.0. The predicted molar refractivity (Wildman–Crippen MR) is 68.5 cm³/mol. The van der Waals surface area contributed by atoms with E-state index in [2.05, 4.69) is 5.32 Å². The van der Waals surface area contributed by atoms with Crippen LogP contribution in [0.15, 0.2) is 35.7 Å². The first-order chi connectivity index (χ1) is 7.53. The lowest BCUT2D eigenvalue weighted by molar-refractivity contribution is 0.605. The van der Waals surface area contributed by atoms with Gasteiger partial charge in [-0.15, -0.1) is 0 Å². The highest BCUT2D eigenvalue weighted by Gasteiger charge is 1.98. The number of rotatable bonds is 5. The number of anilines is 1. The zero-order valence-electron chi connectivity index (χ0n) is 8.98. The van der Waals surface area contributed by atoms with Crippen LogP contribution in [0.2, 0.25) is 5.02 Å². The van der Waals surface area contributed by atoms with Gasteiger partial charge in [0.15, 0.2) is 9.84 Å². The van der Waals surface area contributed by atoms with E-state index in [9.17, 15) is 8.42 Å². The molecule has 0 aliphatic rings. The third kappa shape index (κ3) is 4.68. The summed E-state index contributed by atoms with van der Waals surface area (Å²) in [5.41, 5.74) is 0.906. The molecule has 1 aromatic rings. The quantitative estimate of drug-likeness (QED) is 0.884. The zero-order valence-corrected chi connectivity index (χ0v) is 10.6. The van der Waals surface area contributed by atoms with Gasteiger partial charge in [-0.05, 0) is 24.3 Å². The number of hydrogen-bond donors (Lipinski definition) is 1. The maximum Gasteiger partial charge on any atom is 0.171 e. The highest BCUT2D eigenvalue weighted by molar-refractivity contribution is 7.94. The molecule has 0 fully saturated rings. The molecule has 0 aliphatic heterocycles. The SMILES string of the molecule is CCS(=O)(=O)C=CCNc1ccc(Cl)cc1. The molecule has 0 atom stereocenters. The van der Waals surface area contributed by atoms with Crippen LogP contribution in [0.5, 0.6) is 0 Å². The molecule has 16 heavy (non-hydrogen) atoms. The first kappa shape index (κ1) is 13.1. The van der Waals surface area contributed by atoms with E-state index >= 15 is 0 Å².